The first kappa shape index (κ1) is 21.2. The minimum absolute atomic E-state index is 0.0411. The van der Waals surface area contributed by atoms with Crippen molar-refractivity contribution in [1.82, 2.24) is 24.6 Å². The van der Waals surface area contributed by atoms with Crippen LogP contribution in [-0.4, -0.2) is 42.8 Å². The zero-order chi connectivity index (χ0) is 23.4. The molecule has 4 heterocycles. The number of aromatic nitrogens is 5. The second-order valence-corrected chi connectivity index (χ2v) is 9.60. The summed E-state index contributed by atoms with van der Waals surface area (Å²) in [7, 11) is 1.63. The van der Waals surface area contributed by atoms with Crippen LogP contribution in [0.5, 0.6) is 0 Å². The average molecular weight is 464 g/mol. The number of halogens is 1. The summed E-state index contributed by atoms with van der Waals surface area (Å²) in [4.78, 5) is 24.4. The summed E-state index contributed by atoms with van der Waals surface area (Å²) < 4.78 is 21.2. The first-order valence-corrected chi connectivity index (χ1v) is 11.8. The Labute approximate surface area is 195 Å². The molecule has 0 saturated heterocycles. The maximum absolute atomic E-state index is 14.0. The number of methoxy groups -OCH3 is 1. The minimum atomic E-state index is -0.696. The van der Waals surface area contributed by atoms with Gasteiger partial charge in [0.25, 0.3) is 0 Å². The highest BCUT2D eigenvalue weighted by Gasteiger charge is 2.47. The molecule has 0 spiro atoms. The maximum atomic E-state index is 14.0. The third kappa shape index (κ3) is 3.37. The van der Waals surface area contributed by atoms with E-state index in [9.17, 15) is 14.3 Å². The number of hydrogen-bond donors (Lipinski definition) is 2. The number of ether oxygens (including phenoxy) is 1. The molecule has 9 heteroatoms. The normalized spacial score (nSPS) is 24.3. The standard InChI is InChI=1S/C25H26FN5O3/c1-34-12-16-6-7-21-20(9-17-13-2-4-14(5-3-13)22(17)25(32)33)29-24(30-31(16)21)19-11-28-23-18(19)8-15(26)10-27-23/h6-8,10-11,13-14,17,22H,2-5,9,12H2,1H3,(H,27,28)(H,32,33)/t13?,14?,17-,22-/m0/s1. The number of aromatic amines is 1. The third-order valence-corrected chi connectivity index (χ3v) is 7.80. The summed E-state index contributed by atoms with van der Waals surface area (Å²) in [5.41, 5.74) is 3.75. The molecule has 0 radical (unpaired) electrons. The minimum Gasteiger partial charge on any atom is -0.481 e. The molecule has 4 aromatic rings. The Hall–Kier alpha value is -3.33. The molecular formula is C25H26FN5O3. The van der Waals surface area contributed by atoms with Gasteiger partial charge in [-0.3, -0.25) is 4.79 Å². The van der Waals surface area contributed by atoms with Crippen LogP contribution in [0.1, 0.15) is 37.1 Å². The van der Waals surface area contributed by atoms with Gasteiger partial charge < -0.3 is 14.8 Å². The number of nitrogens with zero attached hydrogens (tertiary/aromatic N) is 4. The smallest absolute Gasteiger partial charge is 0.307 e. The largest absolute Gasteiger partial charge is 0.481 e. The number of hydrogen-bond acceptors (Lipinski definition) is 5. The van der Waals surface area contributed by atoms with Crippen molar-refractivity contribution < 1.29 is 19.0 Å². The molecule has 176 valence electrons. The van der Waals surface area contributed by atoms with Crippen molar-refractivity contribution in [1.29, 1.82) is 0 Å². The molecule has 2 atom stereocenters. The van der Waals surface area contributed by atoms with Gasteiger partial charge in [0.15, 0.2) is 5.82 Å². The van der Waals surface area contributed by atoms with Crippen LogP contribution >= 0.6 is 0 Å². The highest BCUT2D eigenvalue weighted by Crippen LogP contribution is 2.50. The summed E-state index contributed by atoms with van der Waals surface area (Å²) in [6.45, 7) is 0.375. The van der Waals surface area contributed by atoms with E-state index < -0.39 is 11.8 Å². The highest BCUT2D eigenvalue weighted by molar-refractivity contribution is 5.91. The van der Waals surface area contributed by atoms with Crippen molar-refractivity contribution in [2.75, 3.05) is 7.11 Å². The van der Waals surface area contributed by atoms with E-state index in [1.54, 1.807) is 13.3 Å². The van der Waals surface area contributed by atoms with Crippen molar-refractivity contribution >= 4 is 22.5 Å². The van der Waals surface area contributed by atoms with Gasteiger partial charge in [-0.2, -0.15) is 0 Å². The van der Waals surface area contributed by atoms with E-state index in [4.69, 9.17) is 14.8 Å². The molecule has 2 bridgehead atoms. The fourth-order valence-electron chi connectivity index (χ4n) is 6.27. The second kappa shape index (κ2) is 8.16. The van der Waals surface area contributed by atoms with Gasteiger partial charge in [-0.25, -0.2) is 18.9 Å². The highest BCUT2D eigenvalue weighted by atomic mass is 19.1. The topological polar surface area (TPSA) is 105 Å². The van der Waals surface area contributed by atoms with Crippen molar-refractivity contribution in [2.24, 2.45) is 23.7 Å². The number of rotatable bonds is 6. The lowest BCUT2D eigenvalue weighted by atomic mass is 9.57. The monoisotopic (exact) mass is 463 g/mol. The number of H-pyrrole nitrogens is 1. The first-order chi connectivity index (χ1) is 16.5. The van der Waals surface area contributed by atoms with Crippen LogP contribution in [-0.2, 0) is 22.6 Å². The molecule has 0 unspecified atom stereocenters. The molecule has 0 aliphatic heterocycles. The van der Waals surface area contributed by atoms with Gasteiger partial charge in [-0.15, -0.1) is 5.10 Å². The van der Waals surface area contributed by atoms with E-state index >= 15 is 0 Å². The summed E-state index contributed by atoms with van der Waals surface area (Å²) in [5, 5.41) is 15.4. The van der Waals surface area contributed by atoms with Crippen LogP contribution in [0, 0.1) is 29.5 Å². The molecule has 2 N–H and O–H groups in total. The van der Waals surface area contributed by atoms with Crippen molar-refractivity contribution in [3.8, 4) is 11.4 Å². The van der Waals surface area contributed by atoms with Gasteiger partial charge >= 0.3 is 5.97 Å². The second-order valence-electron chi connectivity index (χ2n) is 9.60. The lowest BCUT2D eigenvalue weighted by Gasteiger charge is -2.46. The van der Waals surface area contributed by atoms with Crippen molar-refractivity contribution in [3.05, 3.63) is 47.8 Å². The van der Waals surface area contributed by atoms with E-state index in [1.807, 2.05) is 16.6 Å². The zero-order valence-corrected chi connectivity index (χ0v) is 18.9. The molecular weight excluding hydrogens is 437 g/mol. The van der Waals surface area contributed by atoms with E-state index in [1.165, 1.54) is 12.3 Å². The van der Waals surface area contributed by atoms with Crippen LogP contribution in [0.15, 0.2) is 30.6 Å². The Morgan fingerprint density at radius 3 is 2.82 bits per heavy atom. The molecule has 3 aliphatic rings. The van der Waals surface area contributed by atoms with Gasteiger partial charge in [-0.05, 0) is 68.1 Å². The molecule has 0 amide bonds. The fraction of sp³-hybridized carbons (Fsp3) is 0.440. The summed E-state index contributed by atoms with van der Waals surface area (Å²) >= 11 is 0. The predicted molar refractivity (Wildman–Crippen MR) is 123 cm³/mol. The summed E-state index contributed by atoms with van der Waals surface area (Å²) in [6.07, 6.45) is 7.64. The maximum Gasteiger partial charge on any atom is 0.307 e. The Bertz CT molecular complexity index is 1390. The van der Waals surface area contributed by atoms with E-state index in [2.05, 4.69) is 9.97 Å². The third-order valence-electron chi connectivity index (χ3n) is 7.80. The SMILES string of the molecule is COCc1ccc2c(C[C@H]3C4CCC(CC4)[C@@H]3C(=O)O)nc(-c3c[nH]c4ncc(F)cc34)nn12. The molecule has 7 rings (SSSR count). The van der Waals surface area contributed by atoms with Crippen LogP contribution < -0.4 is 0 Å². The molecule has 8 nitrogen and oxygen atoms in total. The van der Waals surface area contributed by atoms with Crippen molar-refractivity contribution in [2.45, 2.75) is 38.7 Å². The molecule has 3 saturated carbocycles. The van der Waals surface area contributed by atoms with Crippen LogP contribution in [0.3, 0.4) is 0 Å². The van der Waals surface area contributed by atoms with Gasteiger partial charge in [0.1, 0.15) is 11.5 Å². The lowest BCUT2D eigenvalue weighted by Crippen LogP contribution is -2.45. The zero-order valence-electron chi connectivity index (χ0n) is 18.9. The number of pyridine rings is 1. The van der Waals surface area contributed by atoms with Gasteiger partial charge in [0.05, 0.1) is 35.6 Å². The Kier molecular flexibility index (Phi) is 5.09. The summed E-state index contributed by atoms with van der Waals surface area (Å²) in [6, 6.07) is 5.35. The fourth-order valence-corrected chi connectivity index (χ4v) is 6.27. The molecule has 3 aliphatic carbocycles. The number of nitrogens with one attached hydrogen (secondary N) is 1. The number of aliphatic carboxylic acids is 1. The molecule has 34 heavy (non-hydrogen) atoms. The van der Waals surface area contributed by atoms with E-state index in [0.29, 0.717) is 41.4 Å². The number of carbonyl (C=O) groups is 1. The van der Waals surface area contributed by atoms with Crippen LogP contribution in [0.4, 0.5) is 4.39 Å². The van der Waals surface area contributed by atoms with E-state index in [-0.39, 0.29) is 17.8 Å². The Morgan fingerprint density at radius 1 is 1.26 bits per heavy atom. The summed E-state index contributed by atoms with van der Waals surface area (Å²) in [5.74, 6) is -0.350. The Balaban J connectivity index is 1.49. The molecule has 0 aromatic carbocycles. The predicted octanol–water partition coefficient (Wildman–Crippen LogP) is 4.24. The van der Waals surface area contributed by atoms with Gasteiger partial charge in [0.2, 0.25) is 0 Å². The lowest BCUT2D eigenvalue weighted by molar-refractivity contribution is -0.152. The van der Waals surface area contributed by atoms with Crippen LogP contribution in [0.25, 0.3) is 27.9 Å². The van der Waals surface area contributed by atoms with Crippen molar-refractivity contribution in [3.63, 3.8) is 0 Å². The van der Waals surface area contributed by atoms with Crippen LogP contribution in [0.2, 0.25) is 0 Å². The quantitative estimate of drug-likeness (QED) is 0.443. The molecule has 3 fully saturated rings. The first-order valence-electron chi connectivity index (χ1n) is 11.8. The van der Waals surface area contributed by atoms with Gasteiger partial charge in [0, 0.05) is 24.3 Å². The average Bonchev–Trinajstić information content (AvgIpc) is 3.44. The number of carboxylic acids is 1. The Morgan fingerprint density at radius 2 is 2.06 bits per heavy atom. The molecule has 4 aromatic heterocycles. The van der Waals surface area contributed by atoms with E-state index in [0.717, 1.165) is 42.6 Å². The number of carboxylic acid groups (broad SMARTS) is 1. The number of fused-ring (bicyclic) bond motifs is 5. The van der Waals surface area contributed by atoms with Gasteiger partial charge in [-0.1, -0.05) is 0 Å².